The van der Waals surface area contributed by atoms with Gasteiger partial charge in [0.25, 0.3) is 0 Å². The molecule has 5 nitrogen and oxygen atoms in total. The third kappa shape index (κ3) is 9.28. The zero-order chi connectivity index (χ0) is 17.0. The lowest BCUT2D eigenvalue weighted by Crippen LogP contribution is -2.44. The summed E-state index contributed by atoms with van der Waals surface area (Å²) in [6.45, 7) is 7.20. The van der Waals surface area contributed by atoms with Crippen LogP contribution < -0.4 is 16.0 Å². The molecule has 0 aromatic carbocycles. The van der Waals surface area contributed by atoms with Gasteiger partial charge in [-0.15, -0.1) is 24.0 Å². The van der Waals surface area contributed by atoms with Gasteiger partial charge in [0.1, 0.15) is 5.82 Å². The molecule has 0 spiro atoms. The maximum absolute atomic E-state index is 4.72. The lowest BCUT2D eigenvalue weighted by atomic mass is 9.87. The van der Waals surface area contributed by atoms with Gasteiger partial charge in [0.05, 0.1) is 0 Å². The van der Waals surface area contributed by atoms with Crippen molar-refractivity contribution in [1.29, 1.82) is 0 Å². The van der Waals surface area contributed by atoms with Crippen LogP contribution in [0, 0.1) is 5.92 Å². The number of nitrogens with zero attached hydrogens (tertiary/aromatic N) is 2. The number of halogens is 1. The van der Waals surface area contributed by atoms with E-state index in [0.29, 0.717) is 6.04 Å². The van der Waals surface area contributed by atoms with Crippen LogP contribution in [0.2, 0.25) is 0 Å². The van der Waals surface area contributed by atoms with Crippen LogP contribution >= 0.6 is 24.0 Å². The first-order chi connectivity index (χ1) is 11.8. The van der Waals surface area contributed by atoms with E-state index in [4.69, 9.17) is 4.99 Å². The average molecular weight is 459 g/mol. The van der Waals surface area contributed by atoms with Crippen LogP contribution in [-0.4, -0.2) is 36.6 Å². The van der Waals surface area contributed by atoms with Crippen molar-refractivity contribution in [2.45, 2.75) is 58.4 Å². The summed E-state index contributed by atoms with van der Waals surface area (Å²) in [5.41, 5.74) is 0. The van der Waals surface area contributed by atoms with Crippen LogP contribution in [0.5, 0.6) is 0 Å². The van der Waals surface area contributed by atoms with E-state index in [1.54, 1.807) is 0 Å². The summed E-state index contributed by atoms with van der Waals surface area (Å²) in [7, 11) is 0. The third-order valence-corrected chi connectivity index (χ3v) is 4.53. The van der Waals surface area contributed by atoms with Crippen molar-refractivity contribution < 1.29 is 0 Å². The van der Waals surface area contributed by atoms with E-state index < -0.39 is 0 Å². The second-order valence-corrected chi connectivity index (χ2v) is 6.71. The van der Waals surface area contributed by atoms with Crippen LogP contribution in [0.4, 0.5) is 5.82 Å². The minimum Gasteiger partial charge on any atom is -0.370 e. The Bertz CT molecular complexity index is 472. The van der Waals surface area contributed by atoms with Gasteiger partial charge >= 0.3 is 0 Å². The summed E-state index contributed by atoms with van der Waals surface area (Å²) in [4.78, 5) is 8.98. The number of unbranched alkanes of at least 4 members (excludes halogenated alkanes) is 1. The van der Waals surface area contributed by atoms with Crippen molar-refractivity contribution in [2.75, 3.05) is 25.0 Å². The Morgan fingerprint density at radius 2 is 2.00 bits per heavy atom. The predicted octanol–water partition coefficient (Wildman–Crippen LogP) is 4.03. The summed E-state index contributed by atoms with van der Waals surface area (Å²) in [6.07, 6.45) is 9.18. The number of anilines is 1. The van der Waals surface area contributed by atoms with Crippen molar-refractivity contribution in [1.82, 2.24) is 15.6 Å². The molecule has 0 amide bonds. The van der Waals surface area contributed by atoms with E-state index in [9.17, 15) is 0 Å². The smallest absolute Gasteiger partial charge is 0.191 e. The summed E-state index contributed by atoms with van der Waals surface area (Å²) in [5.74, 6) is 2.81. The van der Waals surface area contributed by atoms with Crippen LogP contribution in [0.3, 0.4) is 0 Å². The van der Waals surface area contributed by atoms with Crippen molar-refractivity contribution in [3.8, 4) is 0 Å². The zero-order valence-corrected chi connectivity index (χ0v) is 18.0. The first kappa shape index (κ1) is 22.0. The Kier molecular flexibility index (Phi) is 11.6. The van der Waals surface area contributed by atoms with Gasteiger partial charge in [-0.2, -0.15) is 0 Å². The van der Waals surface area contributed by atoms with Crippen LogP contribution in [0.1, 0.15) is 52.4 Å². The summed E-state index contributed by atoms with van der Waals surface area (Å²) in [5, 5.41) is 10.3. The largest absolute Gasteiger partial charge is 0.370 e. The molecule has 2 rings (SSSR count). The summed E-state index contributed by atoms with van der Waals surface area (Å²) in [6, 6.07) is 6.52. The van der Waals surface area contributed by atoms with Gasteiger partial charge in [0.15, 0.2) is 5.96 Å². The number of aromatic nitrogens is 1. The SMILES string of the molecule is CCNC(=NCCCCNc1ccccn1)NC1CCC(C)CC1.I. The Morgan fingerprint density at radius 1 is 1.20 bits per heavy atom. The molecule has 1 fully saturated rings. The van der Waals surface area contributed by atoms with Crippen LogP contribution in [-0.2, 0) is 0 Å². The number of hydrogen-bond donors (Lipinski definition) is 3. The molecular formula is C19H34IN5. The maximum Gasteiger partial charge on any atom is 0.191 e. The highest BCUT2D eigenvalue weighted by atomic mass is 127. The molecule has 0 atom stereocenters. The fourth-order valence-electron chi connectivity index (χ4n) is 3.03. The van der Waals surface area contributed by atoms with Gasteiger partial charge < -0.3 is 16.0 Å². The molecule has 6 heteroatoms. The molecule has 1 saturated carbocycles. The minimum atomic E-state index is 0. The Balaban J connectivity index is 0.00000312. The first-order valence-corrected chi connectivity index (χ1v) is 9.47. The molecule has 1 aliphatic rings. The molecule has 1 aliphatic carbocycles. The zero-order valence-electron chi connectivity index (χ0n) is 15.6. The molecule has 1 heterocycles. The molecule has 1 aromatic heterocycles. The fourth-order valence-corrected chi connectivity index (χ4v) is 3.03. The van der Waals surface area contributed by atoms with E-state index in [1.165, 1.54) is 25.7 Å². The Morgan fingerprint density at radius 3 is 2.68 bits per heavy atom. The van der Waals surface area contributed by atoms with E-state index in [2.05, 4.69) is 34.8 Å². The van der Waals surface area contributed by atoms with E-state index in [1.807, 2.05) is 24.4 Å². The number of aliphatic imine (C=N–C) groups is 1. The van der Waals surface area contributed by atoms with Crippen molar-refractivity contribution in [3.05, 3.63) is 24.4 Å². The number of rotatable bonds is 8. The molecular weight excluding hydrogens is 425 g/mol. The molecule has 0 aliphatic heterocycles. The number of guanidine groups is 1. The summed E-state index contributed by atoms with van der Waals surface area (Å²) >= 11 is 0. The van der Waals surface area contributed by atoms with E-state index in [-0.39, 0.29) is 24.0 Å². The Hall–Kier alpha value is -1.05. The van der Waals surface area contributed by atoms with Gasteiger partial charge in [-0.3, -0.25) is 4.99 Å². The normalized spacial score (nSPS) is 20.5. The predicted molar refractivity (Wildman–Crippen MR) is 118 cm³/mol. The van der Waals surface area contributed by atoms with Crippen LogP contribution in [0.15, 0.2) is 29.4 Å². The Labute approximate surface area is 169 Å². The first-order valence-electron chi connectivity index (χ1n) is 9.47. The standard InChI is InChI=1S/C19H33N5.HI/c1-3-20-19(24-17-11-9-16(2)10-12-17)23-15-7-6-14-22-18-8-4-5-13-21-18;/h4-5,8,13,16-17H,3,6-7,9-12,14-15H2,1-2H3,(H,21,22)(H2,20,23,24);1H. The molecule has 0 saturated heterocycles. The fraction of sp³-hybridized carbons (Fsp3) is 0.684. The number of hydrogen-bond acceptors (Lipinski definition) is 3. The second-order valence-electron chi connectivity index (χ2n) is 6.71. The number of nitrogens with one attached hydrogen (secondary N) is 3. The third-order valence-electron chi connectivity index (χ3n) is 4.53. The van der Waals surface area contributed by atoms with Crippen molar-refractivity contribution in [2.24, 2.45) is 10.9 Å². The van der Waals surface area contributed by atoms with Crippen molar-refractivity contribution in [3.63, 3.8) is 0 Å². The highest BCUT2D eigenvalue weighted by Gasteiger charge is 2.18. The quantitative estimate of drug-likeness (QED) is 0.238. The molecule has 0 radical (unpaired) electrons. The van der Waals surface area contributed by atoms with Gasteiger partial charge in [-0.05, 0) is 63.5 Å². The molecule has 0 bridgehead atoms. The van der Waals surface area contributed by atoms with Gasteiger partial charge in [-0.25, -0.2) is 4.98 Å². The molecule has 25 heavy (non-hydrogen) atoms. The monoisotopic (exact) mass is 459 g/mol. The highest BCUT2D eigenvalue weighted by molar-refractivity contribution is 14.0. The highest BCUT2D eigenvalue weighted by Crippen LogP contribution is 2.23. The molecule has 3 N–H and O–H groups in total. The van der Waals surface area contributed by atoms with Gasteiger partial charge in [-0.1, -0.05) is 13.0 Å². The topological polar surface area (TPSA) is 61.3 Å². The molecule has 1 aromatic rings. The van der Waals surface area contributed by atoms with Crippen LogP contribution in [0.25, 0.3) is 0 Å². The summed E-state index contributed by atoms with van der Waals surface area (Å²) < 4.78 is 0. The number of pyridine rings is 1. The lowest BCUT2D eigenvalue weighted by Gasteiger charge is -2.28. The van der Waals surface area contributed by atoms with Crippen molar-refractivity contribution >= 4 is 35.8 Å². The minimum absolute atomic E-state index is 0. The van der Waals surface area contributed by atoms with Gasteiger partial charge in [0, 0.05) is 31.9 Å². The van der Waals surface area contributed by atoms with E-state index in [0.717, 1.165) is 50.2 Å². The maximum atomic E-state index is 4.72. The van der Waals surface area contributed by atoms with E-state index >= 15 is 0 Å². The second kappa shape index (κ2) is 13.2. The lowest BCUT2D eigenvalue weighted by molar-refractivity contribution is 0.329. The molecule has 142 valence electrons. The average Bonchev–Trinajstić information content (AvgIpc) is 2.61. The molecule has 0 unspecified atom stereocenters. The van der Waals surface area contributed by atoms with Gasteiger partial charge in [0.2, 0.25) is 0 Å².